The first-order valence-corrected chi connectivity index (χ1v) is 17.5. The predicted octanol–water partition coefficient (Wildman–Crippen LogP) is 8.72. The van der Waals surface area contributed by atoms with Gasteiger partial charge in [0.25, 0.3) is 0 Å². The maximum absolute atomic E-state index is 14.0. The molecular formula is C37H43F6N7O2. The van der Waals surface area contributed by atoms with Crippen molar-refractivity contribution in [3.8, 4) is 0 Å². The highest BCUT2D eigenvalue weighted by Gasteiger charge is 2.38. The molecule has 0 amide bonds. The van der Waals surface area contributed by atoms with Crippen molar-refractivity contribution in [2.45, 2.75) is 105 Å². The third kappa shape index (κ3) is 8.12. The summed E-state index contributed by atoms with van der Waals surface area (Å²) in [6.45, 7) is 12.2. The molecule has 0 aliphatic heterocycles. The van der Waals surface area contributed by atoms with E-state index in [9.17, 15) is 36.2 Å². The summed E-state index contributed by atoms with van der Waals surface area (Å²) in [7, 11) is 0. The minimum absolute atomic E-state index is 0.0191. The van der Waals surface area contributed by atoms with E-state index in [1.165, 1.54) is 11.8 Å². The zero-order valence-electron chi connectivity index (χ0n) is 30.1. The smallest absolute Gasteiger partial charge is 0.416 e. The van der Waals surface area contributed by atoms with Gasteiger partial charge >= 0.3 is 18.3 Å². The minimum atomic E-state index is -5.04. The molecule has 6 rings (SSSR count). The number of nitrogens with zero attached hydrogens (tertiary/aromatic N) is 7. The number of hydrogen-bond acceptors (Lipinski definition) is 7. The van der Waals surface area contributed by atoms with E-state index in [2.05, 4.69) is 14.9 Å². The Balaban J connectivity index is 1.55. The normalized spacial score (nSPS) is 15.4. The van der Waals surface area contributed by atoms with E-state index in [1.807, 2.05) is 38.4 Å². The Kier molecular flexibility index (Phi) is 9.71. The number of aromatic carboxylic acids is 1. The molecule has 2 saturated carbocycles. The molecule has 2 aliphatic rings. The van der Waals surface area contributed by atoms with Crippen LogP contribution in [0.4, 0.5) is 38.1 Å². The van der Waals surface area contributed by atoms with Crippen LogP contribution in [0.3, 0.4) is 0 Å². The van der Waals surface area contributed by atoms with Crippen molar-refractivity contribution in [1.82, 2.24) is 24.7 Å². The summed E-state index contributed by atoms with van der Waals surface area (Å²) in [5.41, 5.74) is -1.25. The molecule has 0 radical (unpaired) electrons. The van der Waals surface area contributed by atoms with Gasteiger partial charge in [0.2, 0.25) is 5.95 Å². The zero-order valence-corrected chi connectivity index (χ0v) is 30.1. The summed E-state index contributed by atoms with van der Waals surface area (Å²) in [6.07, 6.45) is -5.52. The van der Waals surface area contributed by atoms with Gasteiger partial charge in [-0.3, -0.25) is 0 Å². The van der Waals surface area contributed by atoms with Crippen molar-refractivity contribution in [1.29, 1.82) is 0 Å². The molecule has 15 heteroatoms. The summed E-state index contributed by atoms with van der Waals surface area (Å²) in [6, 6.07) is 3.46. The number of carbonyl (C=O) groups is 1. The number of halogens is 6. The zero-order chi connectivity index (χ0) is 37.9. The number of rotatable bonds is 12. The van der Waals surface area contributed by atoms with Crippen LogP contribution in [0.25, 0.3) is 11.0 Å². The summed E-state index contributed by atoms with van der Waals surface area (Å²) >= 11 is 0. The average Bonchev–Trinajstić information content (AvgIpc) is 3.98. The summed E-state index contributed by atoms with van der Waals surface area (Å²) in [4.78, 5) is 30.2. The first-order valence-electron chi connectivity index (χ1n) is 17.5. The van der Waals surface area contributed by atoms with Crippen molar-refractivity contribution in [3.63, 3.8) is 0 Å². The molecule has 280 valence electrons. The molecule has 3 heterocycles. The van der Waals surface area contributed by atoms with Crippen molar-refractivity contribution in [2.75, 3.05) is 22.9 Å². The van der Waals surface area contributed by atoms with E-state index in [1.54, 1.807) is 6.92 Å². The molecule has 3 aromatic heterocycles. The lowest BCUT2D eigenvalue weighted by Crippen LogP contribution is -2.32. The van der Waals surface area contributed by atoms with Crippen LogP contribution in [0.1, 0.15) is 103 Å². The maximum atomic E-state index is 14.0. The Hall–Kier alpha value is -4.43. The van der Waals surface area contributed by atoms with Gasteiger partial charge in [0.15, 0.2) is 5.65 Å². The maximum Gasteiger partial charge on any atom is 0.416 e. The van der Waals surface area contributed by atoms with Crippen molar-refractivity contribution in [3.05, 3.63) is 69.2 Å². The summed E-state index contributed by atoms with van der Waals surface area (Å²) < 4.78 is 85.7. The fraction of sp³-hybridized carbons (Fsp3) is 0.541. The number of carboxylic acid groups (broad SMARTS) is 1. The quantitative estimate of drug-likeness (QED) is 0.145. The fourth-order valence-electron chi connectivity index (χ4n) is 6.57. The second kappa shape index (κ2) is 13.5. The SMILES string of the molecule is CCc1nc(N(Cc2cc(C(F)(F)F)cc(C(F)(F)F)c2)Cc2cc3c(C)nn(C(C)(C)C)c3nc2N(CC2CC2)CC2CC2)nc(C)c1C(=O)O. The molecule has 2 aliphatic carbocycles. The molecule has 2 fully saturated rings. The molecule has 0 atom stereocenters. The largest absolute Gasteiger partial charge is 0.478 e. The Morgan fingerprint density at radius 1 is 0.827 bits per heavy atom. The number of carboxylic acids is 1. The van der Waals surface area contributed by atoms with E-state index in [4.69, 9.17) is 10.1 Å². The van der Waals surface area contributed by atoms with Crippen molar-refractivity contribution < 1.29 is 36.2 Å². The highest BCUT2D eigenvalue weighted by atomic mass is 19.4. The van der Waals surface area contributed by atoms with E-state index < -0.39 is 41.5 Å². The van der Waals surface area contributed by atoms with E-state index >= 15 is 0 Å². The molecule has 1 aromatic carbocycles. The lowest BCUT2D eigenvalue weighted by Gasteiger charge is -2.30. The lowest BCUT2D eigenvalue weighted by molar-refractivity contribution is -0.143. The third-order valence-corrected chi connectivity index (χ3v) is 9.55. The fourth-order valence-corrected chi connectivity index (χ4v) is 6.57. The van der Waals surface area contributed by atoms with Gasteiger partial charge in [-0.25, -0.2) is 24.4 Å². The molecule has 1 N–H and O–H groups in total. The van der Waals surface area contributed by atoms with Gasteiger partial charge in [0, 0.05) is 37.1 Å². The number of aromatic nitrogens is 5. The first kappa shape index (κ1) is 37.3. The first-order chi connectivity index (χ1) is 24.2. The van der Waals surface area contributed by atoms with Gasteiger partial charge in [0.05, 0.1) is 33.7 Å². The van der Waals surface area contributed by atoms with Crippen LogP contribution in [-0.4, -0.2) is 48.9 Å². The molecule has 0 unspecified atom stereocenters. The number of fused-ring (bicyclic) bond motifs is 1. The number of anilines is 2. The Morgan fingerprint density at radius 2 is 1.40 bits per heavy atom. The number of aryl methyl sites for hydroxylation is 3. The Morgan fingerprint density at radius 3 is 1.88 bits per heavy atom. The Labute approximate surface area is 298 Å². The van der Waals surface area contributed by atoms with E-state index in [-0.39, 0.29) is 47.5 Å². The number of benzene rings is 1. The van der Waals surface area contributed by atoms with Crippen LogP contribution in [-0.2, 0) is 37.4 Å². The van der Waals surface area contributed by atoms with E-state index in [0.717, 1.165) is 44.2 Å². The highest BCUT2D eigenvalue weighted by molar-refractivity contribution is 5.90. The molecule has 52 heavy (non-hydrogen) atoms. The van der Waals surface area contributed by atoms with Gasteiger partial charge in [-0.15, -0.1) is 0 Å². The second-order valence-electron chi connectivity index (χ2n) is 15.2. The highest BCUT2D eigenvalue weighted by Crippen LogP contribution is 2.40. The molecule has 0 bridgehead atoms. The second-order valence-corrected chi connectivity index (χ2v) is 15.2. The third-order valence-electron chi connectivity index (χ3n) is 9.55. The number of hydrogen-bond donors (Lipinski definition) is 1. The van der Waals surface area contributed by atoms with Crippen LogP contribution >= 0.6 is 0 Å². The van der Waals surface area contributed by atoms with Gasteiger partial charge in [-0.05, 0) is 108 Å². The van der Waals surface area contributed by atoms with Crippen LogP contribution in [0.15, 0.2) is 24.3 Å². The topological polar surface area (TPSA) is 100 Å². The standard InChI is InChI=1S/C37H43F6N7O2/c1-7-29-30(33(51)52)21(3)44-34(45-29)49(18-24-12-26(36(38,39)40)15-27(13-24)37(41,42)43)19-25-14-28-20(2)47-50(35(4,5)6)32(28)46-31(25)48(16-22-8-9-22)17-23-10-11-23/h12-15,22-23H,7-11,16-19H2,1-6H3,(H,51,52). The number of alkyl halides is 6. The molecular weight excluding hydrogens is 688 g/mol. The molecule has 4 aromatic rings. The average molecular weight is 732 g/mol. The van der Waals surface area contributed by atoms with Crippen LogP contribution in [0, 0.1) is 25.7 Å². The van der Waals surface area contributed by atoms with Crippen LogP contribution < -0.4 is 9.80 Å². The van der Waals surface area contributed by atoms with Gasteiger partial charge in [-0.2, -0.15) is 31.4 Å². The predicted molar refractivity (Wildman–Crippen MR) is 184 cm³/mol. The van der Waals surface area contributed by atoms with Crippen molar-refractivity contribution >= 4 is 28.8 Å². The van der Waals surface area contributed by atoms with Crippen LogP contribution in [0.5, 0.6) is 0 Å². The lowest BCUT2D eigenvalue weighted by atomic mass is 10.0. The van der Waals surface area contributed by atoms with Crippen LogP contribution in [0.2, 0.25) is 0 Å². The summed E-state index contributed by atoms with van der Waals surface area (Å²) in [5.74, 6) is 0.383. The van der Waals surface area contributed by atoms with E-state index in [0.29, 0.717) is 46.7 Å². The van der Waals surface area contributed by atoms with Gasteiger partial charge in [-0.1, -0.05) is 6.92 Å². The minimum Gasteiger partial charge on any atom is -0.478 e. The van der Waals surface area contributed by atoms with Gasteiger partial charge in [0.1, 0.15) is 11.4 Å². The number of pyridine rings is 1. The molecule has 0 saturated heterocycles. The molecule has 9 nitrogen and oxygen atoms in total. The monoisotopic (exact) mass is 731 g/mol. The van der Waals surface area contributed by atoms with Crippen molar-refractivity contribution in [2.24, 2.45) is 11.8 Å². The summed E-state index contributed by atoms with van der Waals surface area (Å²) in [5, 5.41) is 15.5. The Bertz CT molecular complexity index is 1950. The van der Waals surface area contributed by atoms with Gasteiger partial charge < -0.3 is 14.9 Å². The molecule has 0 spiro atoms.